The summed E-state index contributed by atoms with van der Waals surface area (Å²) in [6.45, 7) is 3.83. The van der Waals surface area contributed by atoms with Gasteiger partial charge in [0.05, 0.1) is 12.5 Å². The molecule has 0 spiro atoms. The molecule has 5 heteroatoms. The molecule has 0 radical (unpaired) electrons. The van der Waals surface area contributed by atoms with E-state index in [4.69, 9.17) is 9.52 Å². The van der Waals surface area contributed by atoms with E-state index in [-0.39, 0.29) is 12.2 Å². The summed E-state index contributed by atoms with van der Waals surface area (Å²) in [7, 11) is 0. The van der Waals surface area contributed by atoms with Crippen LogP contribution in [0, 0.1) is 6.92 Å². The van der Waals surface area contributed by atoms with Crippen LogP contribution in [0.1, 0.15) is 46.8 Å². The molecule has 0 bridgehead atoms. The van der Waals surface area contributed by atoms with Gasteiger partial charge in [0.15, 0.2) is 5.76 Å². The average Bonchev–Trinajstić information content (AvgIpc) is 2.88. The monoisotopic (exact) mass is 301 g/mol. The summed E-state index contributed by atoms with van der Waals surface area (Å²) in [5, 5.41) is 11.8. The van der Waals surface area contributed by atoms with Gasteiger partial charge < -0.3 is 14.8 Å². The Morgan fingerprint density at radius 2 is 1.95 bits per heavy atom. The van der Waals surface area contributed by atoms with Crippen molar-refractivity contribution in [2.45, 2.75) is 32.7 Å². The second-order valence-electron chi connectivity index (χ2n) is 5.10. The fourth-order valence-corrected chi connectivity index (χ4v) is 2.32. The Balaban J connectivity index is 2.19. The van der Waals surface area contributed by atoms with Crippen molar-refractivity contribution >= 4 is 11.9 Å². The zero-order valence-corrected chi connectivity index (χ0v) is 12.6. The van der Waals surface area contributed by atoms with Crippen LogP contribution in [0.25, 0.3) is 0 Å². The van der Waals surface area contributed by atoms with Crippen molar-refractivity contribution in [2.24, 2.45) is 0 Å². The maximum Gasteiger partial charge on any atom is 0.305 e. The van der Waals surface area contributed by atoms with Crippen LogP contribution in [0.2, 0.25) is 0 Å². The Kier molecular flexibility index (Phi) is 4.99. The lowest BCUT2D eigenvalue weighted by atomic mass is 10.0. The highest BCUT2D eigenvalue weighted by Crippen LogP contribution is 2.19. The van der Waals surface area contributed by atoms with Crippen LogP contribution in [-0.2, 0) is 11.2 Å². The standard InChI is InChI=1S/C17H19NO4/c1-3-14-11(2)9-15(22-14)17(21)18-13(10-16(19)20)12-7-5-4-6-8-12/h4-9,13H,3,10H2,1-2H3,(H,18,21)(H,19,20). The van der Waals surface area contributed by atoms with E-state index >= 15 is 0 Å². The van der Waals surface area contributed by atoms with Crippen molar-refractivity contribution in [1.82, 2.24) is 5.32 Å². The molecule has 1 unspecified atom stereocenters. The van der Waals surface area contributed by atoms with Crippen LogP contribution >= 0.6 is 0 Å². The van der Waals surface area contributed by atoms with E-state index in [1.54, 1.807) is 18.2 Å². The van der Waals surface area contributed by atoms with Crippen LogP contribution in [0.15, 0.2) is 40.8 Å². The summed E-state index contributed by atoms with van der Waals surface area (Å²) in [6.07, 6.45) is 0.520. The smallest absolute Gasteiger partial charge is 0.305 e. The summed E-state index contributed by atoms with van der Waals surface area (Å²) in [4.78, 5) is 23.3. The molecule has 1 aromatic carbocycles. The highest BCUT2D eigenvalue weighted by Gasteiger charge is 2.21. The normalized spacial score (nSPS) is 11.9. The lowest BCUT2D eigenvalue weighted by Crippen LogP contribution is -2.29. The van der Waals surface area contributed by atoms with Crippen molar-refractivity contribution in [3.8, 4) is 0 Å². The molecule has 0 fully saturated rings. The predicted octanol–water partition coefficient (Wildman–Crippen LogP) is 3.10. The van der Waals surface area contributed by atoms with Crippen molar-refractivity contribution in [1.29, 1.82) is 0 Å². The van der Waals surface area contributed by atoms with E-state index < -0.39 is 17.9 Å². The molecular formula is C17H19NO4. The van der Waals surface area contributed by atoms with Gasteiger partial charge in [-0.2, -0.15) is 0 Å². The first kappa shape index (κ1) is 15.8. The van der Waals surface area contributed by atoms with Crippen molar-refractivity contribution < 1.29 is 19.1 Å². The van der Waals surface area contributed by atoms with Gasteiger partial charge in [0, 0.05) is 6.42 Å². The number of carbonyl (C=O) groups excluding carboxylic acids is 1. The van der Waals surface area contributed by atoms with Crippen molar-refractivity contribution in [3.05, 3.63) is 59.0 Å². The third-order valence-electron chi connectivity index (χ3n) is 3.45. The van der Waals surface area contributed by atoms with Gasteiger partial charge in [-0.25, -0.2) is 0 Å². The number of carboxylic acid groups (broad SMARTS) is 1. The van der Waals surface area contributed by atoms with Gasteiger partial charge in [-0.15, -0.1) is 0 Å². The van der Waals surface area contributed by atoms with Gasteiger partial charge in [0.25, 0.3) is 5.91 Å². The third kappa shape index (κ3) is 3.75. The maximum absolute atomic E-state index is 12.3. The summed E-state index contributed by atoms with van der Waals surface area (Å²) >= 11 is 0. The number of carboxylic acids is 1. The molecular weight excluding hydrogens is 282 g/mol. The summed E-state index contributed by atoms with van der Waals surface area (Å²) < 4.78 is 5.51. The number of aliphatic carboxylic acids is 1. The lowest BCUT2D eigenvalue weighted by molar-refractivity contribution is -0.137. The molecule has 1 heterocycles. The largest absolute Gasteiger partial charge is 0.481 e. The molecule has 116 valence electrons. The molecule has 0 saturated heterocycles. The number of benzene rings is 1. The molecule has 0 aliphatic carbocycles. The van der Waals surface area contributed by atoms with Gasteiger partial charge >= 0.3 is 5.97 Å². The number of furan rings is 1. The molecule has 0 saturated carbocycles. The van der Waals surface area contributed by atoms with E-state index in [0.29, 0.717) is 6.42 Å². The lowest BCUT2D eigenvalue weighted by Gasteiger charge is -2.16. The van der Waals surface area contributed by atoms with Crippen LogP contribution in [0.3, 0.4) is 0 Å². The summed E-state index contributed by atoms with van der Waals surface area (Å²) in [5.74, 6) is -0.405. The summed E-state index contributed by atoms with van der Waals surface area (Å²) in [6, 6.07) is 10.1. The minimum absolute atomic E-state index is 0.184. The molecule has 2 rings (SSSR count). The highest BCUT2D eigenvalue weighted by atomic mass is 16.4. The quantitative estimate of drug-likeness (QED) is 0.859. The van der Waals surface area contributed by atoms with Gasteiger partial charge in [-0.3, -0.25) is 9.59 Å². The minimum Gasteiger partial charge on any atom is -0.481 e. The summed E-state index contributed by atoms with van der Waals surface area (Å²) in [5.41, 5.74) is 1.67. The third-order valence-corrected chi connectivity index (χ3v) is 3.45. The molecule has 0 aliphatic heterocycles. The second-order valence-corrected chi connectivity index (χ2v) is 5.10. The molecule has 1 atom stereocenters. The van der Waals surface area contributed by atoms with E-state index in [9.17, 15) is 9.59 Å². The molecule has 2 aromatic rings. The average molecular weight is 301 g/mol. The number of nitrogens with one attached hydrogen (secondary N) is 1. The van der Waals surface area contributed by atoms with Crippen LogP contribution < -0.4 is 5.32 Å². The van der Waals surface area contributed by atoms with Gasteiger partial charge in [0.1, 0.15) is 5.76 Å². The Morgan fingerprint density at radius 3 is 2.50 bits per heavy atom. The maximum atomic E-state index is 12.3. The minimum atomic E-state index is -0.973. The molecule has 22 heavy (non-hydrogen) atoms. The molecule has 1 amide bonds. The second kappa shape index (κ2) is 6.93. The topological polar surface area (TPSA) is 79.5 Å². The van der Waals surface area contributed by atoms with E-state index in [0.717, 1.165) is 16.9 Å². The fraction of sp³-hybridized carbons (Fsp3) is 0.294. The van der Waals surface area contributed by atoms with Crippen molar-refractivity contribution in [2.75, 3.05) is 0 Å². The number of aryl methyl sites for hydroxylation is 2. The Labute approximate surface area is 129 Å². The molecule has 2 N–H and O–H groups in total. The number of carbonyl (C=O) groups is 2. The van der Waals surface area contributed by atoms with Crippen molar-refractivity contribution in [3.63, 3.8) is 0 Å². The number of amides is 1. The van der Waals surface area contributed by atoms with Gasteiger partial charge in [-0.1, -0.05) is 37.3 Å². The van der Waals surface area contributed by atoms with Gasteiger partial charge in [0.2, 0.25) is 0 Å². The SMILES string of the molecule is CCc1oc(C(=O)NC(CC(=O)O)c2ccccc2)cc1C. The van der Waals surface area contributed by atoms with Crippen LogP contribution in [0.4, 0.5) is 0 Å². The van der Waals surface area contributed by atoms with Crippen LogP contribution in [0.5, 0.6) is 0 Å². The number of hydrogen-bond donors (Lipinski definition) is 2. The Hall–Kier alpha value is -2.56. The zero-order chi connectivity index (χ0) is 16.1. The Bertz CT molecular complexity index is 661. The number of rotatable bonds is 6. The highest BCUT2D eigenvalue weighted by molar-refractivity contribution is 5.92. The first-order chi connectivity index (χ1) is 10.5. The zero-order valence-electron chi connectivity index (χ0n) is 12.6. The van der Waals surface area contributed by atoms with E-state index in [1.165, 1.54) is 0 Å². The van der Waals surface area contributed by atoms with Gasteiger partial charge in [-0.05, 0) is 24.1 Å². The Morgan fingerprint density at radius 1 is 1.27 bits per heavy atom. The first-order valence-corrected chi connectivity index (χ1v) is 7.18. The van der Waals surface area contributed by atoms with E-state index in [2.05, 4.69) is 5.32 Å². The van der Waals surface area contributed by atoms with Crippen LogP contribution in [-0.4, -0.2) is 17.0 Å². The molecule has 1 aromatic heterocycles. The van der Waals surface area contributed by atoms with E-state index in [1.807, 2.05) is 32.0 Å². The fourth-order valence-electron chi connectivity index (χ4n) is 2.32. The molecule has 0 aliphatic rings. The first-order valence-electron chi connectivity index (χ1n) is 7.18. The molecule has 5 nitrogen and oxygen atoms in total. The number of hydrogen-bond acceptors (Lipinski definition) is 3. The predicted molar refractivity (Wildman–Crippen MR) is 81.7 cm³/mol.